The van der Waals surface area contributed by atoms with Crippen LogP contribution >= 0.6 is 0 Å². The predicted molar refractivity (Wildman–Crippen MR) is 74.6 cm³/mol. The third kappa shape index (κ3) is 3.62. The third-order valence-electron chi connectivity index (χ3n) is 2.44. The van der Waals surface area contributed by atoms with Crippen LogP contribution in [0.5, 0.6) is 0 Å². The van der Waals surface area contributed by atoms with E-state index in [0.29, 0.717) is 17.1 Å². The number of nitrogen functional groups attached to an aromatic ring is 1. The zero-order chi connectivity index (χ0) is 13.9. The molecular weight excluding hydrogens is 262 g/mol. The molecule has 2 aromatic carbocycles. The summed E-state index contributed by atoms with van der Waals surface area (Å²) in [5, 5.41) is 8.05. The second-order valence-corrected chi connectivity index (χ2v) is 6.07. The Balaban J connectivity index is 2.18. The Morgan fingerprint density at radius 3 is 1.68 bits per heavy atom. The Bertz CT molecular complexity index is 690. The minimum Gasteiger partial charge on any atom is -0.399 e. The van der Waals surface area contributed by atoms with Crippen LogP contribution in [0.3, 0.4) is 0 Å². The highest BCUT2D eigenvalue weighted by atomic mass is 32.2. The minimum atomic E-state index is -3.18. The van der Waals surface area contributed by atoms with E-state index in [2.05, 4.69) is 10.2 Å². The molecular formula is C13H13N3O2S. The molecule has 0 radical (unpaired) electrons. The van der Waals surface area contributed by atoms with Gasteiger partial charge in [0.2, 0.25) is 0 Å². The number of sulfone groups is 1. The molecule has 0 aliphatic carbocycles. The molecule has 19 heavy (non-hydrogen) atoms. The summed E-state index contributed by atoms with van der Waals surface area (Å²) in [7, 11) is -3.18. The maximum atomic E-state index is 11.3. The average Bonchev–Trinajstić information content (AvgIpc) is 2.37. The van der Waals surface area contributed by atoms with Crippen LogP contribution in [0.1, 0.15) is 0 Å². The summed E-state index contributed by atoms with van der Waals surface area (Å²) in [5.41, 5.74) is 7.49. The van der Waals surface area contributed by atoms with Crippen molar-refractivity contribution in [3.8, 4) is 0 Å². The number of hydrogen-bond donors (Lipinski definition) is 1. The van der Waals surface area contributed by atoms with Gasteiger partial charge in [-0.3, -0.25) is 0 Å². The second-order valence-electron chi connectivity index (χ2n) is 4.06. The fraction of sp³-hybridized carbons (Fsp3) is 0.0769. The molecule has 0 bridgehead atoms. The molecule has 0 aliphatic rings. The van der Waals surface area contributed by atoms with Gasteiger partial charge in [0, 0.05) is 11.9 Å². The van der Waals surface area contributed by atoms with Gasteiger partial charge in [-0.25, -0.2) is 8.42 Å². The summed E-state index contributed by atoms with van der Waals surface area (Å²) in [5.74, 6) is 0. The lowest BCUT2D eigenvalue weighted by Gasteiger charge is -1.98. The van der Waals surface area contributed by atoms with Gasteiger partial charge in [0.05, 0.1) is 16.3 Å². The molecule has 0 unspecified atom stereocenters. The van der Waals surface area contributed by atoms with Crippen molar-refractivity contribution in [2.45, 2.75) is 4.90 Å². The molecule has 2 aromatic rings. The standard InChI is InChI=1S/C13H13N3O2S/c1-19(17,18)13-8-6-12(7-9-13)16-15-11-4-2-10(14)3-5-11/h2-9H,14H2,1H3. The van der Waals surface area contributed by atoms with Gasteiger partial charge in [0.25, 0.3) is 0 Å². The molecule has 98 valence electrons. The first-order valence-electron chi connectivity index (χ1n) is 5.52. The van der Waals surface area contributed by atoms with Crippen molar-refractivity contribution < 1.29 is 8.42 Å². The van der Waals surface area contributed by atoms with Crippen LogP contribution in [-0.2, 0) is 9.84 Å². The molecule has 6 heteroatoms. The van der Waals surface area contributed by atoms with E-state index in [4.69, 9.17) is 5.73 Å². The number of rotatable bonds is 3. The number of azo groups is 1. The molecule has 0 atom stereocenters. The Hall–Kier alpha value is -2.21. The SMILES string of the molecule is CS(=O)(=O)c1ccc(N=Nc2ccc(N)cc2)cc1. The topological polar surface area (TPSA) is 84.9 Å². The van der Waals surface area contributed by atoms with Crippen molar-refractivity contribution in [2.24, 2.45) is 10.2 Å². The van der Waals surface area contributed by atoms with Gasteiger partial charge in [0.15, 0.2) is 9.84 Å². The van der Waals surface area contributed by atoms with E-state index < -0.39 is 9.84 Å². The molecule has 2 rings (SSSR count). The lowest BCUT2D eigenvalue weighted by Crippen LogP contribution is -1.95. The van der Waals surface area contributed by atoms with Crippen LogP contribution in [0.15, 0.2) is 63.7 Å². The summed E-state index contributed by atoms with van der Waals surface area (Å²) in [4.78, 5) is 0.263. The van der Waals surface area contributed by atoms with Gasteiger partial charge in [-0.2, -0.15) is 10.2 Å². The fourth-order valence-electron chi connectivity index (χ4n) is 1.42. The molecule has 0 aromatic heterocycles. The van der Waals surface area contributed by atoms with E-state index in [1.165, 1.54) is 12.1 Å². The summed E-state index contributed by atoms with van der Waals surface area (Å²) < 4.78 is 22.6. The van der Waals surface area contributed by atoms with Crippen LogP contribution in [0.4, 0.5) is 17.1 Å². The summed E-state index contributed by atoms with van der Waals surface area (Å²) in [6.45, 7) is 0. The normalized spacial score (nSPS) is 11.8. The highest BCUT2D eigenvalue weighted by Crippen LogP contribution is 2.20. The molecule has 0 saturated heterocycles. The molecule has 0 spiro atoms. The van der Waals surface area contributed by atoms with E-state index in [9.17, 15) is 8.42 Å². The molecule has 5 nitrogen and oxygen atoms in total. The van der Waals surface area contributed by atoms with E-state index in [-0.39, 0.29) is 4.90 Å². The summed E-state index contributed by atoms with van der Waals surface area (Å²) in [6, 6.07) is 13.2. The predicted octanol–water partition coefficient (Wildman–Crippen LogP) is 3.09. The molecule has 0 aliphatic heterocycles. The number of benzene rings is 2. The van der Waals surface area contributed by atoms with Crippen molar-refractivity contribution in [2.75, 3.05) is 12.0 Å². The lowest BCUT2D eigenvalue weighted by atomic mass is 10.3. The van der Waals surface area contributed by atoms with E-state index in [1.54, 1.807) is 36.4 Å². The molecule has 0 fully saturated rings. The van der Waals surface area contributed by atoms with Gasteiger partial charge < -0.3 is 5.73 Å². The largest absolute Gasteiger partial charge is 0.399 e. The van der Waals surface area contributed by atoms with Crippen LogP contribution in [-0.4, -0.2) is 14.7 Å². The van der Waals surface area contributed by atoms with Crippen LogP contribution in [0.25, 0.3) is 0 Å². The number of nitrogens with two attached hydrogens (primary N) is 1. The van der Waals surface area contributed by atoms with Crippen LogP contribution in [0, 0.1) is 0 Å². The maximum Gasteiger partial charge on any atom is 0.175 e. The fourth-order valence-corrected chi connectivity index (χ4v) is 2.05. The van der Waals surface area contributed by atoms with E-state index >= 15 is 0 Å². The van der Waals surface area contributed by atoms with Gasteiger partial charge in [0.1, 0.15) is 0 Å². The van der Waals surface area contributed by atoms with Gasteiger partial charge in [-0.05, 0) is 48.5 Å². The maximum absolute atomic E-state index is 11.3. The highest BCUT2D eigenvalue weighted by molar-refractivity contribution is 7.90. The van der Waals surface area contributed by atoms with Crippen molar-refractivity contribution in [3.63, 3.8) is 0 Å². The Labute approximate surface area is 111 Å². The zero-order valence-electron chi connectivity index (χ0n) is 10.3. The van der Waals surface area contributed by atoms with Crippen LogP contribution < -0.4 is 5.73 Å². The molecule has 2 N–H and O–H groups in total. The summed E-state index contributed by atoms with van der Waals surface area (Å²) >= 11 is 0. The third-order valence-corrected chi connectivity index (χ3v) is 3.57. The van der Waals surface area contributed by atoms with Gasteiger partial charge in [-0.15, -0.1) is 0 Å². The summed E-state index contributed by atoms with van der Waals surface area (Å²) in [6.07, 6.45) is 1.16. The van der Waals surface area contributed by atoms with Crippen LogP contribution in [0.2, 0.25) is 0 Å². The smallest absolute Gasteiger partial charge is 0.175 e. The van der Waals surface area contributed by atoms with E-state index in [1.807, 2.05) is 0 Å². The Morgan fingerprint density at radius 2 is 1.26 bits per heavy atom. The monoisotopic (exact) mass is 275 g/mol. The Kier molecular flexibility index (Phi) is 3.62. The zero-order valence-corrected chi connectivity index (χ0v) is 11.1. The Morgan fingerprint density at radius 1 is 0.842 bits per heavy atom. The second kappa shape index (κ2) is 5.19. The minimum absolute atomic E-state index is 0.263. The first-order chi connectivity index (χ1) is 8.95. The molecule has 0 amide bonds. The molecule has 0 heterocycles. The van der Waals surface area contributed by atoms with Crippen molar-refractivity contribution in [1.29, 1.82) is 0 Å². The lowest BCUT2D eigenvalue weighted by molar-refractivity contribution is 0.602. The van der Waals surface area contributed by atoms with Gasteiger partial charge in [-0.1, -0.05) is 0 Å². The number of nitrogens with zero attached hydrogens (tertiary/aromatic N) is 2. The van der Waals surface area contributed by atoms with Gasteiger partial charge >= 0.3 is 0 Å². The number of hydrogen-bond acceptors (Lipinski definition) is 5. The van der Waals surface area contributed by atoms with Crippen molar-refractivity contribution in [1.82, 2.24) is 0 Å². The average molecular weight is 275 g/mol. The quantitative estimate of drug-likeness (QED) is 0.690. The molecule has 0 saturated carbocycles. The first-order valence-corrected chi connectivity index (χ1v) is 7.42. The first kappa shape index (κ1) is 13.2. The van der Waals surface area contributed by atoms with Crippen molar-refractivity contribution in [3.05, 3.63) is 48.5 Å². The number of anilines is 1. The highest BCUT2D eigenvalue weighted by Gasteiger charge is 2.05. The van der Waals surface area contributed by atoms with E-state index in [0.717, 1.165) is 6.26 Å². The van der Waals surface area contributed by atoms with Crippen molar-refractivity contribution >= 4 is 26.9 Å².